The van der Waals surface area contributed by atoms with Crippen molar-refractivity contribution in [2.45, 2.75) is 26.8 Å². The molecule has 0 aromatic heterocycles. The van der Waals surface area contributed by atoms with Crippen LogP contribution < -0.4 is 14.8 Å². The number of quaternary nitrogens is 1. The summed E-state index contributed by atoms with van der Waals surface area (Å²) < 4.78 is 11.3. The molecule has 3 heteroatoms. The number of rotatable bonds is 9. The van der Waals surface area contributed by atoms with Gasteiger partial charge in [-0.3, -0.25) is 0 Å². The Hall–Kier alpha value is -1.48. The van der Waals surface area contributed by atoms with Crippen molar-refractivity contribution in [2.75, 3.05) is 19.8 Å². The lowest BCUT2D eigenvalue weighted by Crippen LogP contribution is -2.82. The van der Waals surface area contributed by atoms with Gasteiger partial charge in [0.05, 0.1) is 18.7 Å². The van der Waals surface area contributed by atoms with Gasteiger partial charge in [-0.2, -0.15) is 0 Å². The molecular weight excluding hydrogens is 226 g/mol. The van der Waals surface area contributed by atoms with Crippen molar-refractivity contribution in [3.63, 3.8) is 0 Å². The standard InChI is InChI=1S/C15H23NO2/c1-4-10-16-12-13-8-7-9-14(17-6-3)15(13)18-11-5-2/h5,7-9,16H,2,4,6,10-12H2,1,3H3/p+1. The molecule has 0 saturated carbocycles. The number of benzene rings is 1. The lowest BCUT2D eigenvalue weighted by atomic mass is 10.2. The van der Waals surface area contributed by atoms with Crippen molar-refractivity contribution >= 4 is 0 Å². The number of ether oxygens (including phenoxy) is 2. The van der Waals surface area contributed by atoms with Gasteiger partial charge in [0.15, 0.2) is 11.5 Å². The van der Waals surface area contributed by atoms with Crippen LogP contribution in [0.1, 0.15) is 25.8 Å². The van der Waals surface area contributed by atoms with Gasteiger partial charge in [0.2, 0.25) is 0 Å². The molecule has 0 bridgehead atoms. The maximum atomic E-state index is 5.74. The summed E-state index contributed by atoms with van der Waals surface area (Å²) >= 11 is 0. The van der Waals surface area contributed by atoms with Crippen LogP contribution >= 0.6 is 0 Å². The number of hydrogen-bond donors (Lipinski definition) is 1. The SMILES string of the molecule is C=CCOc1c(C[NH2+]CCC)cccc1OCC. The fraction of sp³-hybridized carbons (Fsp3) is 0.467. The van der Waals surface area contributed by atoms with E-state index in [0.717, 1.165) is 24.6 Å². The van der Waals surface area contributed by atoms with E-state index in [-0.39, 0.29) is 0 Å². The molecule has 0 spiro atoms. The van der Waals surface area contributed by atoms with Crippen molar-refractivity contribution in [2.24, 2.45) is 0 Å². The highest BCUT2D eigenvalue weighted by Crippen LogP contribution is 2.30. The Labute approximate surface area is 110 Å². The Balaban J connectivity index is 2.83. The zero-order valence-electron chi connectivity index (χ0n) is 11.4. The summed E-state index contributed by atoms with van der Waals surface area (Å²) in [4.78, 5) is 0. The lowest BCUT2D eigenvalue weighted by molar-refractivity contribution is -0.670. The molecule has 0 aliphatic rings. The van der Waals surface area contributed by atoms with Crippen LogP contribution in [0.2, 0.25) is 0 Å². The molecule has 18 heavy (non-hydrogen) atoms. The molecule has 0 aliphatic carbocycles. The van der Waals surface area contributed by atoms with Gasteiger partial charge >= 0.3 is 0 Å². The van der Waals surface area contributed by atoms with E-state index in [4.69, 9.17) is 9.47 Å². The third kappa shape index (κ3) is 4.41. The minimum Gasteiger partial charge on any atom is -0.490 e. The number of hydrogen-bond acceptors (Lipinski definition) is 2. The Morgan fingerprint density at radius 2 is 2.11 bits per heavy atom. The quantitative estimate of drug-likeness (QED) is 0.538. The first kappa shape index (κ1) is 14.6. The summed E-state index contributed by atoms with van der Waals surface area (Å²) in [5.41, 5.74) is 1.18. The predicted molar refractivity (Wildman–Crippen MR) is 74.1 cm³/mol. The second-order valence-electron chi connectivity index (χ2n) is 4.06. The molecule has 0 saturated heterocycles. The molecule has 0 heterocycles. The van der Waals surface area contributed by atoms with Crippen molar-refractivity contribution in [1.29, 1.82) is 0 Å². The van der Waals surface area contributed by atoms with Gasteiger partial charge in [-0.05, 0) is 25.5 Å². The first-order chi connectivity index (χ1) is 8.83. The smallest absolute Gasteiger partial charge is 0.170 e. The Kier molecular flexibility index (Phi) is 6.96. The zero-order valence-corrected chi connectivity index (χ0v) is 11.4. The molecule has 0 atom stereocenters. The van der Waals surface area contributed by atoms with Crippen LogP contribution in [-0.4, -0.2) is 19.8 Å². The molecule has 100 valence electrons. The molecule has 1 aromatic rings. The summed E-state index contributed by atoms with van der Waals surface area (Å²) in [6.07, 6.45) is 2.93. The van der Waals surface area contributed by atoms with E-state index in [2.05, 4.69) is 24.9 Å². The normalized spacial score (nSPS) is 10.1. The molecule has 0 fully saturated rings. The predicted octanol–water partition coefficient (Wildman–Crippen LogP) is 2.12. The fourth-order valence-electron chi connectivity index (χ4n) is 1.76. The zero-order chi connectivity index (χ0) is 13.2. The average Bonchev–Trinajstić information content (AvgIpc) is 2.38. The van der Waals surface area contributed by atoms with Gasteiger partial charge in [0.25, 0.3) is 0 Å². The van der Waals surface area contributed by atoms with Crippen LogP contribution in [0.5, 0.6) is 11.5 Å². The van der Waals surface area contributed by atoms with E-state index < -0.39 is 0 Å². The van der Waals surface area contributed by atoms with Crippen molar-refractivity contribution in [1.82, 2.24) is 0 Å². The lowest BCUT2D eigenvalue weighted by Gasteiger charge is -2.14. The molecule has 0 radical (unpaired) electrons. The summed E-state index contributed by atoms with van der Waals surface area (Å²) in [6, 6.07) is 6.05. The third-order valence-corrected chi connectivity index (χ3v) is 2.56. The van der Waals surface area contributed by atoms with Crippen LogP contribution in [0.3, 0.4) is 0 Å². The Morgan fingerprint density at radius 1 is 1.28 bits per heavy atom. The number of nitrogens with two attached hydrogens (primary N) is 1. The van der Waals surface area contributed by atoms with E-state index >= 15 is 0 Å². The largest absolute Gasteiger partial charge is 0.490 e. The molecule has 0 aliphatic heterocycles. The highest BCUT2D eigenvalue weighted by atomic mass is 16.5. The minimum atomic E-state index is 0.505. The topological polar surface area (TPSA) is 35.1 Å². The van der Waals surface area contributed by atoms with Crippen molar-refractivity contribution in [3.8, 4) is 11.5 Å². The van der Waals surface area contributed by atoms with Gasteiger partial charge in [0, 0.05) is 0 Å². The first-order valence-corrected chi connectivity index (χ1v) is 6.63. The van der Waals surface area contributed by atoms with Gasteiger partial charge < -0.3 is 14.8 Å². The van der Waals surface area contributed by atoms with Crippen LogP contribution in [0.25, 0.3) is 0 Å². The summed E-state index contributed by atoms with van der Waals surface area (Å²) in [6.45, 7) is 11.0. The van der Waals surface area contributed by atoms with E-state index in [0.29, 0.717) is 13.2 Å². The molecule has 1 aromatic carbocycles. The second kappa shape index (κ2) is 8.59. The molecule has 3 nitrogen and oxygen atoms in total. The number of para-hydroxylation sites is 1. The minimum absolute atomic E-state index is 0.505. The summed E-state index contributed by atoms with van der Waals surface area (Å²) in [5.74, 6) is 1.67. The molecule has 1 rings (SSSR count). The maximum Gasteiger partial charge on any atom is 0.170 e. The fourth-order valence-corrected chi connectivity index (χ4v) is 1.76. The second-order valence-corrected chi connectivity index (χ2v) is 4.06. The Bertz CT molecular complexity index is 364. The van der Waals surface area contributed by atoms with Gasteiger partial charge in [-0.1, -0.05) is 25.6 Å². The van der Waals surface area contributed by atoms with Gasteiger partial charge in [0.1, 0.15) is 13.2 Å². The van der Waals surface area contributed by atoms with Crippen LogP contribution in [0, 0.1) is 0 Å². The van der Waals surface area contributed by atoms with Crippen molar-refractivity contribution < 1.29 is 14.8 Å². The monoisotopic (exact) mass is 250 g/mol. The summed E-state index contributed by atoms with van der Waals surface area (Å²) in [5, 5.41) is 2.28. The molecular formula is C15H24NO2+. The van der Waals surface area contributed by atoms with E-state index in [1.807, 2.05) is 19.1 Å². The first-order valence-electron chi connectivity index (χ1n) is 6.63. The van der Waals surface area contributed by atoms with E-state index in [1.165, 1.54) is 12.0 Å². The molecule has 2 N–H and O–H groups in total. The van der Waals surface area contributed by atoms with Crippen LogP contribution in [0.15, 0.2) is 30.9 Å². The maximum absolute atomic E-state index is 5.74. The highest BCUT2D eigenvalue weighted by molar-refractivity contribution is 5.46. The highest BCUT2D eigenvalue weighted by Gasteiger charge is 2.11. The third-order valence-electron chi connectivity index (χ3n) is 2.56. The van der Waals surface area contributed by atoms with E-state index in [1.54, 1.807) is 6.08 Å². The van der Waals surface area contributed by atoms with Crippen molar-refractivity contribution in [3.05, 3.63) is 36.4 Å². The Morgan fingerprint density at radius 3 is 2.78 bits per heavy atom. The van der Waals surface area contributed by atoms with Gasteiger partial charge in [-0.25, -0.2) is 0 Å². The molecule has 0 unspecified atom stereocenters. The average molecular weight is 250 g/mol. The van der Waals surface area contributed by atoms with Crippen LogP contribution in [-0.2, 0) is 6.54 Å². The van der Waals surface area contributed by atoms with Crippen LogP contribution in [0.4, 0.5) is 0 Å². The molecule has 0 amide bonds. The van der Waals surface area contributed by atoms with E-state index in [9.17, 15) is 0 Å². The van der Waals surface area contributed by atoms with Gasteiger partial charge in [-0.15, -0.1) is 0 Å². The summed E-state index contributed by atoms with van der Waals surface area (Å²) in [7, 11) is 0.